The Kier molecular flexibility index (Phi) is 4.46. The molecule has 0 bridgehead atoms. The minimum absolute atomic E-state index is 0.117. The van der Waals surface area contributed by atoms with Crippen molar-refractivity contribution < 1.29 is 19.2 Å². The van der Waals surface area contributed by atoms with Crippen LogP contribution in [0.25, 0.3) is 0 Å². The number of nitrogens with zero attached hydrogens (tertiary/aromatic N) is 1. The zero-order valence-corrected chi connectivity index (χ0v) is 17.8. The molecule has 32 heavy (non-hydrogen) atoms. The van der Waals surface area contributed by atoms with E-state index in [0.717, 1.165) is 16.7 Å². The van der Waals surface area contributed by atoms with Gasteiger partial charge in [0.2, 0.25) is 23.6 Å². The molecule has 0 aromatic heterocycles. The average Bonchev–Trinajstić information content (AvgIpc) is 3.32. The molecule has 164 valence electrons. The zero-order valence-electron chi connectivity index (χ0n) is 17.8. The third-order valence-electron chi connectivity index (χ3n) is 7.12. The molecule has 0 saturated carbocycles. The molecule has 3 aliphatic heterocycles. The highest BCUT2D eigenvalue weighted by Gasteiger charge is 2.70. The van der Waals surface area contributed by atoms with E-state index in [1.54, 1.807) is 0 Å². The molecule has 2 aromatic rings. The molecule has 5 rings (SSSR count). The molecule has 8 heteroatoms. The van der Waals surface area contributed by atoms with Gasteiger partial charge in [0.15, 0.2) is 0 Å². The van der Waals surface area contributed by atoms with Crippen LogP contribution < -0.4 is 16.4 Å². The fourth-order valence-electron chi connectivity index (χ4n) is 5.49. The quantitative estimate of drug-likeness (QED) is 0.625. The van der Waals surface area contributed by atoms with Gasteiger partial charge in [-0.3, -0.25) is 29.4 Å². The van der Waals surface area contributed by atoms with Crippen LogP contribution in [0.5, 0.6) is 0 Å². The molecule has 3 aliphatic rings. The van der Waals surface area contributed by atoms with Crippen molar-refractivity contribution in [1.29, 1.82) is 0 Å². The maximum Gasteiger partial charge on any atom is 0.250 e. The minimum atomic E-state index is -1.42. The summed E-state index contributed by atoms with van der Waals surface area (Å²) in [4.78, 5) is 53.6. The first-order chi connectivity index (χ1) is 15.3. The normalized spacial score (nSPS) is 28.2. The van der Waals surface area contributed by atoms with Crippen LogP contribution in [-0.2, 0) is 31.3 Å². The third-order valence-corrected chi connectivity index (χ3v) is 7.12. The molecule has 4 amide bonds. The molecule has 3 heterocycles. The van der Waals surface area contributed by atoms with Crippen molar-refractivity contribution in [1.82, 2.24) is 10.2 Å². The maximum atomic E-state index is 13.7. The van der Waals surface area contributed by atoms with Crippen LogP contribution in [0.15, 0.2) is 42.5 Å². The summed E-state index contributed by atoms with van der Waals surface area (Å²) in [5, 5.41) is 6.14. The number of primary amides is 1. The molecule has 2 aromatic carbocycles. The smallest absolute Gasteiger partial charge is 0.250 e. The number of fused-ring (bicyclic) bond motifs is 4. The summed E-state index contributed by atoms with van der Waals surface area (Å²) in [5.41, 5.74) is 8.05. The molecule has 4 atom stereocenters. The van der Waals surface area contributed by atoms with E-state index in [4.69, 9.17) is 5.73 Å². The Morgan fingerprint density at radius 3 is 2.47 bits per heavy atom. The summed E-state index contributed by atoms with van der Waals surface area (Å²) in [6.07, 6.45) is -0.144. The number of hydrogen-bond acceptors (Lipinski definition) is 5. The summed E-state index contributed by atoms with van der Waals surface area (Å²) in [5.74, 6) is -3.58. The Morgan fingerprint density at radius 1 is 1.06 bits per heavy atom. The minimum Gasteiger partial charge on any atom is -0.370 e. The van der Waals surface area contributed by atoms with Gasteiger partial charge >= 0.3 is 0 Å². The molecule has 2 fully saturated rings. The van der Waals surface area contributed by atoms with Gasteiger partial charge in [0.1, 0.15) is 5.54 Å². The summed E-state index contributed by atoms with van der Waals surface area (Å²) in [7, 11) is 0. The van der Waals surface area contributed by atoms with Crippen LogP contribution in [0.1, 0.15) is 28.7 Å². The predicted molar refractivity (Wildman–Crippen MR) is 116 cm³/mol. The van der Waals surface area contributed by atoms with E-state index in [-0.39, 0.29) is 24.8 Å². The lowest BCUT2D eigenvalue weighted by atomic mass is 9.76. The number of likely N-dealkylation sites (tertiary alicyclic amines) is 1. The Morgan fingerprint density at radius 2 is 1.78 bits per heavy atom. The topological polar surface area (TPSA) is 122 Å². The van der Waals surface area contributed by atoms with E-state index in [1.807, 2.05) is 56.3 Å². The highest BCUT2D eigenvalue weighted by molar-refractivity contribution is 6.15. The van der Waals surface area contributed by atoms with Crippen LogP contribution in [0, 0.1) is 25.7 Å². The largest absolute Gasteiger partial charge is 0.370 e. The van der Waals surface area contributed by atoms with Gasteiger partial charge in [0, 0.05) is 23.7 Å². The number of rotatable bonds is 4. The van der Waals surface area contributed by atoms with Gasteiger partial charge < -0.3 is 11.1 Å². The number of aryl methyl sites for hydroxylation is 1. The lowest BCUT2D eigenvalue weighted by molar-refractivity contribution is -0.143. The first-order valence-corrected chi connectivity index (χ1v) is 10.6. The van der Waals surface area contributed by atoms with E-state index in [1.165, 1.54) is 4.90 Å². The third kappa shape index (κ3) is 2.65. The molecular weight excluding hydrogens is 408 g/mol. The number of carbonyl (C=O) groups is 4. The van der Waals surface area contributed by atoms with Gasteiger partial charge in [-0.05, 0) is 30.5 Å². The first-order valence-electron chi connectivity index (χ1n) is 10.6. The number of hydrogen-bond donors (Lipinski definition) is 3. The average molecular weight is 432 g/mol. The van der Waals surface area contributed by atoms with Gasteiger partial charge in [-0.1, -0.05) is 42.5 Å². The van der Waals surface area contributed by atoms with E-state index in [0.29, 0.717) is 11.3 Å². The molecule has 1 spiro atoms. The van der Waals surface area contributed by atoms with Crippen molar-refractivity contribution in [3.05, 3.63) is 64.7 Å². The second-order valence-corrected chi connectivity index (χ2v) is 8.87. The first kappa shape index (κ1) is 20.4. The standard InChI is InChI=1S/C24H24N4O4/c1-12-8-9-15-20(13(12)2)26-23(32)24(15)19-18(16(27-24)10-17(25)29)21(30)28(22(19)31)11-14-6-4-3-5-7-14/h3-9,16,18-19,27H,10-11H2,1-2H3,(H2,25,29)(H,26,32)/t16-,18+,19-,24+/m0/s1. The SMILES string of the molecule is Cc1ccc2c(c1C)NC(=O)[C@@]21N[C@@H](CC(N)=O)[C@H]2C(=O)N(Cc3ccccc3)C(=O)[C@H]21. The van der Waals surface area contributed by atoms with Crippen molar-refractivity contribution in [3.8, 4) is 0 Å². The van der Waals surface area contributed by atoms with Crippen LogP contribution in [0.2, 0.25) is 0 Å². The van der Waals surface area contributed by atoms with Gasteiger partial charge in [-0.2, -0.15) is 0 Å². The fraction of sp³-hybridized carbons (Fsp3) is 0.333. The van der Waals surface area contributed by atoms with Crippen molar-refractivity contribution in [2.24, 2.45) is 17.6 Å². The van der Waals surface area contributed by atoms with Crippen molar-refractivity contribution in [2.45, 2.75) is 38.4 Å². The fourth-order valence-corrected chi connectivity index (χ4v) is 5.49. The van der Waals surface area contributed by atoms with Crippen LogP contribution in [0.3, 0.4) is 0 Å². The lowest BCUT2D eigenvalue weighted by Crippen LogP contribution is -2.53. The van der Waals surface area contributed by atoms with Gasteiger partial charge in [-0.25, -0.2) is 0 Å². The van der Waals surface area contributed by atoms with Gasteiger partial charge in [-0.15, -0.1) is 0 Å². The van der Waals surface area contributed by atoms with Crippen molar-refractivity contribution >= 4 is 29.3 Å². The molecule has 0 unspecified atom stereocenters. The Hall–Kier alpha value is -3.52. The zero-order chi connectivity index (χ0) is 22.8. The molecule has 0 aliphatic carbocycles. The number of imide groups is 1. The Bertz CT molecular complexity index is 1180. The molecular formula is C24H24N4O4. The second-order valence-electron chi connectivity index (χ2n) is 8.87. The maximum absolute atomic E-state index is 13.7. The summed E-state index contributed by atoms with van der Waals surface area (Å²) in [6, 6.07) is 12.2. The lowest BCUT2D eigenvalue weighted by Gasteiger charge is -2.29. The van der Waals surface area contributed by atoms with E-state index < -0.39 is 35.2 Å². The number of carbonyl (C=O) groups excluding carboxylic acids is 4. The van der Waals surface area contributed by atoms with Crippen LogP contribution in [0.4, 0.5) is 5.69 Å². The van der Waals surface area contributed by atoms with Crippen molar-refractivity contribution in [2.75, 3.05) is 5.32 Å². The Balaban J connectivity index is 1.63. The monoisotopic (exact) mass is 432 g/mol. The number of amides is 4. The van der Waals surface area contributed by atoms with E-state index >= 15 is 0 Å². The van der Waals surface area contributed by atoms with Crippen LogP contribution in [-0.4, -0.2) is 34.6 Å². The number of benzene rings is 2. The van der Waals surface area contributed by atoms with Crippen LogP contribution >= 0.6 is 0 Å². The highest BCUT2D eigenvalue weighted by Crippen LogP contribution is 2.54. The number of anilines is 1. The van der Waals surface area contributed by atoms with E-state index in [9.17, 15) is 19.2 Å². The molecule has 8 nitrogen and oxygen atoms in total. The highest BCUT2D eigenvalue weighted by atomic mass is 16.2. The number of nitrogens with one attached hydrogen (secondary N) is 2. The summed E-state index contributed by atoms with van der Waals surface area (Å²) in [6.45, 7) is 3.97. The van der Waals surface area contributed by atoms with E-state index in [2.05, 4.69) is 10.6 Å². The van der Waals surface area contributed by atoms with Gasteiger partial charge in [0.05, 0.1) is 18.4 Å². The predicted octanol–water partition coefficient (Wildman–Crippen LogP) is 1.10. The Labute approximate surface area is 185 Å². The molecule has 4 N–H and O–H groups in total. The summed E-state index contributed by atoms with van der Waals surface area (Å²) < 4.78 is 0. The number of nitrogens with two attached hydrogens (primary N) is 1. The molecule has 2 saturated heterocycles. The van der Waals surface area contributed by atoms with Crippen molar-refractivity contribution in [3.63, 3.8) is 0 Å². The second kappa shape index (κ2) is 7.00. The molecule has 0 radical (unpaired) electrons. The summed E-state index contributed by atoms with van der Waals surface area (Å²) >= 11 is 0. The van der Waals surface area contributed by atoms with Gasteiger partial charge in [0.25, 0.3) is 0 Å².